The Bertz CT molecular complexity index is 536. The molecule has 19 heavy (non-hydrogen) atoms. The maximum atomic E-state index is 5.64. The first kappa shape index (κ1) is 14.2. The molecule has 100 valence electrons. The molecule has 0 aromatic heterocycles. The summed E-state index contributed by atoms with van der Waals surface area (Å²) in [7, 11) is 0. The maximum absolute atomic E-state index is 5.64. The van der Waals surface area contributed by atoms with Gasteiger partial charge in [-0.3, -0.25) is 0 Å². The Morgan fingerprint density at radius 3 is 2.63 bits per heavy atom. The third kappa shape index (κ3) is 3.85. The van der Waals surface area contributed by atoms with Crippen molar-refractivity contribution in [2.24, 2.45) is 5.73 Å². The summed E-state index contributed by atoms with van der Waals surface area (Å²) in [5.74, 6) is 0.530. The Balaban J connectivity index is 2.18. The minimum absolute atomic E-state index is 0.530. The van der Waals surface area contributed by atoms with Gasteiger partial charge >= 0.3 is 0 Å². The van der Waals surface area contributed by atoms with Crippen LogP contribution in [0.25, 0.3) is 0 Å². The lowest BCUT2D eigenvalue weighted by molar-refractivity contribution is 0.688. The van der Waals surface area contributed by atoms with Gasteiger partial charge < -0.3 is 5.73 Å². The average molecular weight is 271 g/mol. The molecular weight excluding hydrogens is 250 g/mol. The SMILES string of the molecule is Cc1ccccc1Sc1cccc(C(C)CCN)c1. The van der Waals surface area contributed by atoms with Crippen molar-refractivity contribution in [1.29, 1.82) is 0 Å². The van der Waals surface area contributed by atoms with Gasteiger partial charge in [-0.1, -0.05) is 49.0 Å². The molecule has 2 aromatic rings. The fourth-order valence-corrected chi connectivity index (χ4v) is 3.07. The monoisotopic (exact) mass is 271 g/mol. The molecule has 0 saturated heterocycles. The highest BCUT2D eigenvalue weighted by Crippen LogP contribution is 2.32. The predicted molar refractivity (Wildman–Crippen MR) is 83.8 cm³/mol. The lowest BCUT2D eigenvalue weighted by atomic mass is 9.98. The van der Waals surface area contributed by atoms with E-state index in [4.69, 9.17) is 5.73 Å². The summed E-state index contributed by atoms with van der Waals surface area (Å²) in [5.41, 5.74) is 8.35. The quantitative estimate of drug-likeness (QED) is 0.860. The van der Waals surface area contributed by atoms with Gasteiger partial charge in [0, 0.05) is 9.79 Å². The summed E-state index contributed by atoms with van der Waals surface area (Å²) in [5, 5.41) is 0. The topological polar surface area (TPSA) is 26.0 Å². The molecule has 1 atom stereocenters. The first-order valence-electron chi connectivity index (χ1n) is 6.74. The molecule has 2 rings (SSSR count). The van der Waals surface area contributed by atoms with Gasteiger partial charge in [0.25, 0.3) is 0 Å². The van der Waals surface area contributed by atoms with E-state index in [1.54, 1.807) is 0 Å². The Hall–Kier alpha value is -1.25. The lowest BCUT2D eigenvalue weighted by Gasteiger charge is -2.12. The van der Waals surface area contributed by atoms with Crippen LogP contribution in [0.1, 0.15) is 30.4 Å². The van der Waals surface area contributed by atoms with Gasteiger partial charge in [-0.2, -0.15) is 0 Å². The average Bonchev–Trinajstić information content (AvgIpc) is 2.42. The van der Waals surface area contributed by atoms with Crippen LogP contribution in [0.4, 0.5) is 0 Å². The van der Waals surface area contributed by atoms with E-state index in [-0.39, 0.29) is 0 Å². The zero-order valence-electron chi connectivity index (χ0n) is 11.6. The van der Waals surface area contributed by atoms with Crippen LogP contribution in [0.2, 0.25) is 0 Å². The fraction of sp³-hybridized carbons (Fsp3) is 0.294. The standard InChI is InChI=1S/C17H21NS/c1-13(10-11-18)15-7-5-8-16(12-15)19-17-9-4-3-6-14(17)2/h3-9,12-13H,10-11,18H2,1-2H3. The Kier molecular flexibility index (Phi) is 5.06. The third-order valence-corrected chi connectivity index (χ3v) is 4.52. The van der Waals surface area contributed by atoms with Crippen LogP contribution in [0.15, 0.2) is 58.3 Å². The zero-order chi connectivity index (χ0) is 13.7. The molecule has 2 N–H and O–H groups in total. The van der Waals surface area contributed by atoms with Crippen molar-refractivity contribution < 1.29 is 0 Å². The molecule has 1 unspecified atom stereocenters. The molecule has 0 heterocycles. The molecule has 0 fully saturated rings. The highest BCUT2D eigenvalue weighted by molar-refractivity contribution is 7.99. The van der Waals surface area contributed by atoms with Crippen LogP contribution in [-0.2, 0) is 0 Å². The fourth-order valence-electron chi connectivity index (χ4n) is 2.10. The first-order valence-corrected chi connectivity index (χ1v) is 7.56. The van der Waals surface area contributed by atoms with Gasteiger partial charge in [0.1, 0.15) is 0 Å². The van der Waals surface area contributed by atoms with Crippen LogP contribution >= 0.6 is 11.8 Å². The Labute approximate surface area is 120 Å². The predicted octanol–water partition coefficient (Wildman–Crippen LogP) is 4.60. The van der Waals surface area contributed by atoms with Crippen molar-refractivity contribution in [3.05, 3.63) is 59.7 Å². The highest BCUT2D eigenvalue weighted by Gasteiger charge is 2.06. The molecule has 2 heteroatoms. The normalized spacial score (nSPS) is 12.4. The highest BCUT2D eigenvalue weighted by atomic mass is 32.2. The molecule has 0 spiro atoms. The maximum Gasteiger partial charge on any atom is 0.0151 e. The summed E-state index contributed by atoms with van der Waals surface area (Å²) in [4.78, 5) is 2.63. The molecule has 0 bridgehead atoms. The Morgan fingerprint density at radius 1 is 1.11 bits per heavy atom. The summed E-state index contributed by atoms with van der Waals surface area (Å²) < 4.78 is 0. The van der Waals surface area contributed by atoms with Crippen molar-refractivity contribution >= 4 is 11.8 Å². The van der Waals surface area contributed by atoms with E-state index >= 15 is 0 Å². The summed E-state index contributed by atoms with van der Waals surface area (Å²) in [6.07, 6.45) is 1.04. The summed E-state index contributed by atoms with van der Waals surface area (Å²) in [6, 6.07) is 17.3. The van der Waals surface area contributed by atoms with E-state index < -0.39 is 0 Å². The molecule has 0 saturated carbocycles. The van der Waals surface area contributed by atoms with Crippen LogP contribution in [0.3, 0.4) is 0 Å². The second-order valence-electron chi connectivity index (χ2n) is 4.92. The number of hydrogen-bond donors (Lipinski definition) is 1. The molecule has 2 aromatic carbocycles. The first-order chi connectivity index (χ1) is 9.20. The number of hydrogen-bond acceptors (Lipinski definition) is 2. The molecule has 0 aliphatic rings. The third-order valence-electron chi connectivity index (χ3n) is 3.35. The van der Waals surface area contributed by atoms with Gasteiger partial charge in [0.05, 0.1) is 0 Å². The summed E-state index contributed by atoms with van der Waals surface area (Å²) >= 11 is 1.83. The minimum Gasteiger partial charge on any atom is -0.330 e. The second-order valence-corrected chi connectivity index (χ2v) is 6.03. The van der Waals surface area contributed by atoms with Crippen LogP contribution < -0.4 is 5.73 Å². The van der Waals surface area contributed by atoms with Crippen LogP contribution in [0, 0.1) is 6.92 Å². The molecule has 0 aliphatic carbocycles. The van der Waals surface area contributed by atoms with Gasteiger partial charge in [0.15, 0.2) is 0 Å². The van der Waals surface area contributed by atoms with Crippen molar-refractivity contribution in [2.75, 3.05) is 6.54 Å². The van der Waals surface area contributed by atoms with Gasteiger partial charge in [-0.05, 0) is 55.1 Å². The van der Waals surface area contributed by atoms with E-state index in [2.05, 4.69) is 62.4 Å². The molecule has 1 nitrogen and oxygen atoms in total. The number of rotatable bonds is 5. The molecule has 0 radical (unpaired) electrons. The largest absolute Gasteiger partial charge is 0.330 e. The van der Waals surface area contributed by atoms with Crippen LogP contribution in [0.5, 0.6) is 0 Å². The van der Waals surface area contributed by atoms with Crippen molar-refractivity contribution in [1.82, 2.24) is 0 Å². The van der Waals surface area contributed by atoms with Gasteiger partial charge in [-0.15, -0.1) is 0 Å². The number of nitrogens with two attached hydrogens (primary N) is 1. The Morgan fingerprint density at radius 2 is 1.89 bits per heavy atom. The van der Waals surface area contributed by atoms with E-state index in [0.717, 1.165) is 13.0 Å². The van der Waals surface area contributed by atoms with E-state index in [1.165, 1.54) is 20.9 Å². The van der Waals surface area contributed by atoms with Crippen molar-refractivity contribution in [2.45, 2.75) is 36.0 Å². The zero-order valence-corrected chi connectivity index (χ0v) is 12.4. The van der Waals surface area contributed by atoms with Crippen molar-refractivity contribution in [3.8, 4) is 0 Å². The number of aryl methyl sites for hydroxylation is 1. The molecule has 0 amide bonds. The minimum atomic E-state index is 0.530. The van der Waals surface area contributed by atoms with E-state index in [9.17, 15) is 0 Å². The molecule has 0 aliphatic heterocycles. The summed E-state index contributed by atoms with van der Waals surface area (Å²) in [6.45, 7) is 5.14. The van der Waals surface area contributed by atoms with Gasteiger partial charge in [-0.25, -0.2) is 0 Å². The lowest BCUT2D eigenvalue weighted by Crippen LogP contribution is -2.04. The van der Waals surface area contributed by atoms with E-state index in [1.807, 2.05) is 11.8 Å². The molecular formula is C17H21NS. The smallest absolute Gasteiger partial charge is 0.0151 e. The second kappa shape index (κ2) is 6.78. The van der Waals surface area contributed by atoms with Crippen molar-refractivity contribution in [3.63, 3.8) is 0 Å². The van der Waals surface area contributed by atoms with Crippen LogP contribution in [-0.4, -0.2) is 6.54 Å². The number of benzene rings is 2. The van der Waals surface area contributed by atoms with E-state index in [0.29, 0.717) is 5.92 Å². The van der Waals surface area contributed by atoms with Gasteiger partial charge in [0.2, 0.25) is 0 Å².